The molecule has 1 aromatic carbocycles. The van der Waals surface area contributed by atoms with Crippen molar-refractivity contribution in [3.05, 3.63) is 58.7 Å². The quantitative estimate of drug-likeness (QED) is 0.544. The fourth-order valence-electron chi connectivity index (χ4n) is 4.15. The standard InChI is InChI=1S/C23H24F3N5OS/c1-14-8-9-16(18-7-3-4-10-27-18)17(12-14)20(32)31-11-5-6-15(2)19(31)13-28-22-30-29-21(33-22)23(24,25)26/h3-4,7-10,12,15,19H,5-6,11,13H2,1-2H3,(H,28,30)/t15?,19-/m1/s1. The summed E-state index contributed by atoms with van der Waals surface area (Å²) in [5.41, 5.74) is 3.01. The monoisotopic (exact) mass is 475 g/mol. The minimum atomic E-state index is -4.52. The summed E-state index contributed by atoms with van der Waals surface area (Å²) in [4.78, 5) is 20.0. The second-order valence-corrected chi connectivity index (χ2v) is 9.22. The lowest BCUT2D eigenvalue weighted by Gasteiger charge is -2.40. The zero-order valence-electron chi connectivity index (χ0n) is 18.3. The molecule has 2 atom stereocenters. The average molecular weight is 476 g/mol. The number of rotatable bonds is 5. The molecular weight excluding hydrogens is 451 g/mol. The molecule has 1 saturated heterocycles. The van der Waals surface area contributed by atoms with E-state index in [0.717, 1.165) is 24.0 Å². The van der Waals surface area contributed by atoms with Crippen molar-refractivity contribution >= 4 is 22.4 Å². The maximum absolute atomic E-state index is 13.7. The highest BCUT2D eigenvalue weighted by Gasteiger charge is 2.36. The summed E-state index contributed by atoms with van der Waals surface area (Å²) in [5.74, 6) is 0.0688. The van der Waals surface area contributed by atoms with Gasteiger partial charge in [-0.25, -0.2) is 0 Å². The van der Waals surface area contributed by atoms with Gasteiger partial charge in [0.1, 0.15) is 0 Å². The first-order chi connectivity index (χ1) is 15.7. The van der Waals surface area contributed by atoms with E-state index in [-0.39, 0.29) is 23.0 Å². The molecule has 33 heavy (non-hydrogen) atoms. The summed E-state index contributed by atoms with van der Waals surface area (Å²) in [5, 5.41) is 8.90. The third kappa shape index (κ3) is 5.16. The topological polar surface area (TPSA) is 71.0 Å². The Morgan fingerprint density at radius 2 is 2.06 bits per heavy atom. The number of aryl methyl sites for hydroxylation is 1. The minimum Gasteiger partial charge on any atom is -0.358 e. The number of halogens is 3. The first-order valence-corrected chi connectivity index (χ1v) is 11.5. The van der Waals surface area contributed by atoms with Crippen LogP contribution in [-0.4, -0.2) is 45.1 Å². The molecule has 3 aromatic rings. The van der Waals surface area contributed by atoms with Gasteiger partial charge < -0.3 is 10.2 Å². The number of likely N-dealkylation sites (tertiary alicyclic amines) is 1. The van der Waals surface area contributed by atoms with Gasteiger partial charge in [-0.1, -0.05) is 42.0 Å². The van der Waals surface area contributed by atoms with E-state index in [1.807, 2.05) is 48.2 Å². The molecule has 10 heteroatoms. The number of benzene rings is 1. The molecule has 3 heterocycles. The van der Waals surface area contributed by atoms with Crippen molar-refractivity contribution in [2.45, 2.75) is 38.9 Å². The Morgan fingerprint density at radius 3 is 2.76 bits per heavy atom. The summed E-state index contributed by atoms with van der Waals surface area (Å²) in [6.07, 6.45) is -1.03. The van der Waals surface area contributed by atoms with Gasteiger partial charge in [0.2, 0.25) is 10.1 Å². The van der Waals surface area contributed by atoms with E-state index in [0.29, 0.717) is 35.7 Å². The molecule has 0 bridgehead atoms. The van der Waals surface area contributed by atoms with E-state index in [1.54, 1.807) is 6.20 Å². The van der Waals surface area contributed by atoms with Crippen molar-refractivity contribution in [3.8, 4) is 11.3 Å². The number of carbonyl (C=O) groups excluding carboxylic acids is 1. The molecule has 1 unspecified atom stereocenters. The van der Waals surface area contributed by atoms with Gasteiger partial charge in [-0.15, -0.1) is 10.2 Å². The van der Waals surface area contributed by atoms with Crippen molar-refractivity contribution in [1.29, 1.82) is 0 Å². The summed E-state index contributed by atoms with van der Waals surface area (Å²) in [7, 11) is 0. The smallest absolute Gasteiger partial charge is 0.358 e. The van der Waals surface area contributed by atoms with Crippen molar-refractivity contribution < 1.29 is 18.0 Å². The van der Waals surface area contributed by atoms with Crippen molar-refractivity contribution in [2.24, 2.45) is 5.92 Å². The van der Waals surface area contributed by atoms with Crippen molar-refractivity contribution in [2.75, 3.05) is 18.4 Å². The number of amides is 1. The molecule has 1 aliphatic heterocycles. The lowest BCUT2D eigenvalue weighted by Crippen LogP contribution is -2.51. The zero-order valence-corrected chi connectivity index (χ0v) is 19.1. The SMILES string of the molecule is Cc1ccc(-c2ccccn2)c(C(=O)N2CCCC(C)[C@H]2CNc2nnc(C(F)(F)F)s2)c1. The number of carbonyl (C=O) groups is 1. The van der Waals surface area contributed by atoms with E-state index in [4.69, 9.17) is 0 Å². The van der Waals surface area contributed by atoms with E-state index in [9.17, 15) is 18.0 Å². The number of pyridine rings is 1. The highest BCUT2D eigenvalue weighted by molar-refractivity contribution is 7.15. The maximum atomic E-state index is 13.7. The summed E-state index contributed by atoms with van der Waals surface area (Å²) >= 11 is 0.467. The van der Waals surface area contributed by atoms with Crippen molar-refractivity contribution in [3.63, 3.8) is 0 Å². The number of aromatic nitrogens is 3. The number of piperidine rings is 1. The van der Waals surface area contributed by atoms with Crippen LogP contribution in [0.4, 0.5) is 18.3 Å². The van der Waals surface area contributed by atoms with E-state index in [2.05, 4.69) is 27.4 Å². The Morgan fingerprint density at radius 1 is 1.24 bits per heavy atom. The van der Waals surface area contributed by atoms with Crippen molar-refractivity contribution in [1.82, 2.24) is 20.1 Å². The highest BCUT2D eigenvalue weighted by atomic mass is 32.1. The molecule has 174 valence electrons. The van der Waals surface area contributed by atoms with Crippen LogP contribution >= 0.6 is 11.3 Å². The van der Waals surface area contributed by atoms with Crippen LogP contribution in [0.2, 0.25) is 0 Å². The van der Waals surface area contributed by atoms with Gasteiger partial charge in [0, 0.05) is 30.4 Å². The number of anilines is 1. The molecule has 0 aliphatic carbocycles. The third-order valence-electron chi connectivity index (χ3n) is 5.85. The normalized spacial score (nSPS) is 18.9. The second-order valence-electron chi connectivity index (χ2n) is 8.24. The van der Waals surface area contributed by atoms with E-state index >= 15 is 0 Å². The van der Waals surface area contributed by atoms with Crippen LogP contribution in [0.1, 0.15) is 40.7 Å². The Labute approximate surface area is 193 Å². The molecule has 1 aliphatic rings. The van der Waals surface area contributed by atoms with Gasteiger partial charge in [0.15, 0.2) is 0 Å². The molecular formula is C23H24F3N5OS. The molecule has 0 spiro atoms. The number of hydrogen-bond donors (Lipinski definition) is 1. The molecule has 1 fully saturated rings. The van der Waals surface area contributed by atoms with Crippen LogP contribution < -0.4 is 5.32 Å². The molecule has 2 aromatic heterocycles. The number of nitrogens with one attached hydrogen (secondary N) is 1. The fraction of sp³-hybridized carbons (Fsp3) is 0.391. The van der Waals surface area contributed by atoms with Crippen LogP contribution in [0.25, 0.3) is 11.3 Å². The predicted octanol–water partition coefficient (Wildman–Crippen LogP) is 5.28. The molecule has 0 saturated carbocycles. The van der Waals surface area contributed by atoms with Crippen LogP contribution in [0.15, 0.2) is 42.6 Å². The van der Waals surface area contributed by atoms with Crippen LogP contribution in [-0.2, 0) is 6.18 Å². The first kappa shape index (κ1) is 23.2. The van der Waals surface area contributed by atoms with Gasteiger partial charge in [0.25, 0.3) is 5.91 Å². The summed E-state index contributed by atoms with van der Waals surface area (Å²) < 4.78 is 38.5. The number of alkyl halides is 3. The molecule has 1 amide bonds. The van der Waals surface area contributed by atoms with Crippen LogP contribution in [0, 0.1) is 12.8 Å². The first-order valence-electron chi connectivity index (χ1n) is 10.7. The Kier molecular flexibility index (Phi) is 6.64. The van der Waals surface area contributed by atoms with E-state index in [1.165, 1.54) is 0 Å². The zero-order chi connectivity index (χ0) is 23.6. The molecule has 1 N–H and O–H groups in total. The molecule has 0 radical (unpaired) electrons. The number of nitrogens with zero attached hydrogens (tertiary/aromatic N) is 4. The van der Waals surface area contributed by atoms with Gasteiger partial charge in [-0.2, -0.15) is 13.2 Å². The minimum absolute atomic E-state index is 0.0947. The fourth-order valence-corrected chi connectivity index (χ4v) is 4.77. The van der Waals surface area contributed by atoms with Gasteiger partial charge in [-0.05, 0) is 43.9 Å². The highest BCUT2D eigenvalue weighted by Crippen LogP contribution is 2.34. The summed E-state index contributed by atoms with van der Waals surface area (Å²) in [6, 6.07) is 11.1. The third-order valence-corrected chi connectivity index (χ3v) is 6.78. The Bertz CT molecular complexity index is 1120. The Hall–Kier alpha value is -3.01. The van der Waals surface area contributed by atoms with E-state index < -0.39 is 11.2 Å². The maximum Gasteiger partial charge on any atom is 0.445 e. The van der Waals surface area contributed by atoms with Crippen LogP contribution in [0.3, 0.4) is 0 Å². The predicted molar refractivity (Wildman–Crippen MR) is 121 cm³/mol. The Balaban J connectivity index is 1.58. The van der Waals surface area contributed by atoms with Crippen LogP contribution in [0.5, 0.6) is 0 Å². The lowest BCUT2D eigenvalue weighted by atomic mass is 9.89. The molecule has 4 rings (SSSR count). The largest absolute Gasteiger partial charge is 0.445 e. The molecule has 6 nitrogen and oxygen atoms in total. The van der Waals surface area contributed by atoms with Gasteiger partial charge in [-0.3, -0.25) is 9.78 Å². The average Bonchev–Trinajstić information content (AvgIpc) is 3.28. The summed E-state index contributed by atoms with van der Waals surface area (Å²) in [6.45, 7) is 4.87. The van der Waals surface area contributed by atoms with Gasteiger partial charge >= 0.3 is 6.18 Å². The second kappa shape index (κ2) is 9.46. The number of hydrogen-bond acceptors (Lipinski definition) is 6. The van der Waals surface area contributed by atoms with Gasteiger partial charge in [0.05, 0.1) is 11.7 Å². The lowest BCUT2D eigenvalue weighted by molar-refractivity contribution is -0.138.